The number of nitrogens with zero attached hydrogens (tertiary/aromatic N) is 2. The summed E-state index contributed by atoms with van der Waals surface area (Å²) < 4.78 is 60.9. The molecule has 10 heteroatoms. The van der Waals surface area contributed by atoms with Gasteiger partial charge in [0.15, 0.2) is 0 Å². The van der Waals surface area contributed by atoms with E-state index in [0.717, 1.165) is 6.07 Å². The second kappa shape index (κ2) is 6.37. The van der Waals surface area contributed by atoms with Gasteiger partial charge in [-0.05, 0) is 65.1 Å². The number of hydrogen-bond acceptors (Lipinski definition) is 5. The maximum Gasteiger partial charge on any atom is 0.494 e. The molecule has 0 atom stereocenters. The van der Waals surface area contributed by atoms with Gasteiger partial charge in [0, 0.05) is 0 Å². The van der Waals surface area contributed by atoms with Gasteiger partial charge in [-0.1, -0.05) is 0 Å². The van der Waals surface area contributed by atoms with Crippen molar-refractivity contribution in [3.63, 3.8) is 0 Å². The molecule has 164 valence electrons. The van der Waals surface area contributed by atoms with Crippen molar-refractivity contribution in [1.82, 2.24) is 9.78 Å². The van der Waals surface area contributed by atoms with Gasteiger partial charge >= 0.3 is 13.3 Å². The van der Waals surface area contributed by atoms with Gasteiger partial charge in [0.2, 0.25) is 5.88 Å². The lowest BCUT2D eigenvalue weighted by Crippen LogP contribution is -2.42. The second-order valence-corrected chi connectivity index (χ2v) is 9.56. The summed E-state index contributed by atoms with van der Waals surface area (Å²) in [4.78, 5) is 0. The molecule has 1 aliphatic carbocycles. The Kier molecular flexibility index (Phi) is 4.55. The SMILES string of the molecule is COc1nn(C2CC(C)(O)C2)c2c(C(F)(F)F)cc(B3OC(C)(C)C(C)(C)O3)cc12. The van der Waals surface area contributed by atoms with Crippen molar-refractivity contribution in [2.75, 3.05) is 7.11 Å². The molecule has 1 saturated carbocycles. The Hall–Kier alpha value is -1.78. The van der Waals surface area contributed by atoms with Crippen molar-refractivity contribution in [3.8, 4) is 5.88 Å². The van der Waals surface area contributed by atoms with Crippen LogP contribution in [0.4, 0.5) is 13.2 Å². The third-order valence-corrected chi connectivity index (χ3v) is 6.51. The van der Waals surface area contributed by atoms with Crippen LogP contribution in [0, 0.1) is 0 Å². The summed E-state index contributed by atoms with van der Waals surface area (Å²) in [6.07, 6.45) is -3.97. The number of methoxy groups -OCH3 is 1. The minimum Gasteiger partial charge on any atom is -0.479 e. The van der Waals surface area contributed by atoms with E-state index in [1.165, 1.54) is 11.8 Å². The maximum atomic E-state index is 14.1. The first-order valence-electron chi connectivity index (χ1n) is 9.90. The van der Waals surface area contributed by atoms with Gasteiger partial charge in [-0.3, -0.25) is 4.68 Å². The minimum absolute atomic E-state index is 0.0554. The third-order valence-electron chi connectivity index (χ3n) is 6.51. The normalized spacial score (nSPS) is 28.1. The van der Waals surface area contributed by atoms with Crippen molar-refractivity contribution in [2.24, 2.45) is 0 Å². The number of rotatable bonds is 3. The molecule has 0 unspecified atom stereocenters. The van der Waals surface area contributed by atoms with E-state index in [0.29, 0.717) is 12.8 Å². The third kappa shape index (κ3) is 3.29. The van der Waals surface area contributed by atoms with E-state index in [1.807, 2.05) is 27.7 Å². The number of hydrogen-bond donors (Lipinski definition) is 1. The molecule has 30 heavy (non-hydrogen) atoms. The molecular formula is C20H26BF3N2O4. The minimum atomic E-state index is -4.62. The van der Waals surface area contributed by atoms with E-state index >= 15 is 0 Å². The predicted molar refractivity (Wildman–Crippen MR) is 106 cm³/mol. The molecule has 1 aromatic carbocycles. The zero-order valence-corrected chi connectivity index (χ0v) is 17.9. The molecule has 1 aromatic heterocycles. The highest BCUT2D eigenvalue weighted by molar-refractivity contribution is 6.62. The number of halogens is 3. The molecule has 1 saturated heterocycles. The molecule has 2 aliphatic rings. The Balaban J connectivity index is 1.88. The Labute approximate surface area is 173 Å². The molecule has 4 rings (SSSR count). The van der Waals surface area contributed by atoms with Crippen LogP contribution in [-0.2, 0) is 15.5 Å². The summed E-state index contributed by atoms with van der Waals surface area (Å²) in [5.41, 5.74) is -2.90. The molecule has 2 fully saturated rings. The summed E-state index contributed by atoms with van der Waals surface area (Å²) in [6, 6.07) is 2.32. The van der Waals surface area contributed by atoms with E-state index in [4.69, 9.17) is 14.0 Å². The van der Waals surface area contributed by atoms with Gasteiger partial charge in [0.1, 0.15) is 0 Å². The lowest BCUT2D eigenvalue weighted by atomic mass is 9.76. The molecule has 0 radical (unpaired) electrons. The Bertz CT molecular complexity index is 976. The maximum absolute atomic E-state index is 14.1. The van der Waals surface area contributed by atoms with Gasteiger partial charge in [-0.15, -0.1) is 5.10 Å². The van der Waals surface area contributed by atoms with Crippen LogP contribution in [0.25, 0.3) is 10.9 Å². The van der Waals surface area contributed by atoms with Crippen molar-refractivity contribution in [3.05, 3.63) is 17.7 Å². The van der Waals surface area contributed by atoms with Crippen LogP contribution >= 0.6 is 0 Å². The summed E-state index contributed by atoms with van der Waals surface area (Å²) >= 11 is 0. The number of benzene rings is 1. The number of alkyl halides is 3. The molecule has 1 N–H and O–H groups in total. The van der Waals surface area contributed by atoms with E-state index in [-0.39, 0.29) is 28.3 Å². The molecular weight excluding hydrogens is 400 g/mol. The molecule has 0 bridgehead atoms. The van der Waals surface area contributed by atoms with Crippen LogP contribution < -0.4 is 10.2 Å². The Morgan fingerprint density at radius 2 is 1.70 bits per heavy atom. The number of aliphatic hydroxyl groups is 1. The van der Waals surface area contributed by atoms with Crippen LogP contribution in [0.5, 0.6) is 5.88 Å². The highest BCUT2D eigenvalue weighted by Gasteiger charge is 2.52. The monoisotopic (exact) mass is 426 g/mol. The van der Waals surface area contributed by atoms with Crippen LogP contribution in [0.2, 0.25) is 0 Å². The van der Waals surface area contributed by atoms with Gasteiger partial charge < -0.3 is 19.2 Å². The van der Waals surface area contributed by atoms with Crippen LogP contribution in [-0.4, -0.2) is 45.9 Å². The van der Waals surface area contributed by atoms with Crippen molar-refractivity contribution in [2.45, 2.75) is 76.5 Å². The number of aromatic nitrogens is 2. The lowest BCUT2D eigenvalue weighted by molar-refractivity contribution is -0.136. The fraction of sp³-hybridized carbons (Fsp3) is 0.650. The lowest BCUT2D eigenvalue weighted by Gasteiger charge is -2.41. The quantitative estimate of drug-likeness (QED) is 0.762. The standard InChI is InChI=1S/C20H26BF3N2O4/c1-17(2)18(3,4)30-21(29-17)11-7-13-15(14(8-11)20(22,23)24)26(25-16(13)28-6)12-9-19(5,27)10-12/h7-8,12,27H,9-10H2,1-6H3. The van der Waals surface area contributed by atoms with E-state index in [2.05, 4.69) is 5.10 Å². The molecule has 0 spiro atoms. The first-order valence-corrected chi connectivity index (χ1v) is 9.90. The van der Waals surface area contributed by atoms with Gasteiger partial charge in [0.25, 0.3) is 0 Å². The average Bonchev–Trinajstić information content (AvgIpc) is 3.04. The smallest absolute Gasteiger partial charge is 0.479 e. The molecule has 2 heterocycles. The predicted octanol–water partition coefficient (Wildman–Crippen LogP) is 3.45. The topological polar surface area (TPSA) is 65.7 Å². The molecule has 0 amide bonds. The summed E-state index contributed by atoms with van der Waals surface area (Å²) in [5, 5.41) is 14.6. The van der Waals surface area contributed by atoms with E-state index < -0.39 is 35.7 Å². The van der Waals surface area contributed by atoms with Crippen molar-refractivity contribution in [1.29, 1.82) is 0 Å². The fourth-order valence-electron chi connectivity index (χ4n) is 4.14. The highest BCUT2D eigenvalue weighted by Crippen LogP contribution is 2.46. The largest absolute Gasteiger partial charge is 0.494 e. The number of fused-ring (bicyclic) bond motifs is 1. The molecule has 1 aliphatic heterocycles. The summed E-state index contributed by atoms with van der Waals surface area (Å²) in [6.45, 7) is 9.04. The highest BCUT2D eigenvalue weighted by atomic mass is 19.4. The number of ether oxygens (including phenoxy) is 1. The molecule has 2 aromatic rings. The Morgan fingerprint density at radius 3 is 2.17 bits per heavy atom. The second-order valence-electron chi connectivity index (χ2n) is 9.56. The summed E-state index contributed by atoms with van der Waals surface area (Å²) in [7, 11) is 0.426. The zero-order chi connectivity index (χ0) is 22.3. The van der Waals surface area contributed by atoms with Crippen LogP contribution in [0.1, 0.15) is 59.1 Å². The van der Waals surface area contributed by atoms with E-state index in [9.17, 15) is 18.3 Å². The van der Waals surface area contributed by atoms with Gasteiger partial charge in [0.05, 0.1) is 46.4 Å². The summed E-state index contributed by atoms with van der Waals surface area (Å²) in [5.74, 6) is 0.0976. The van der Waals surface area contributed by atoms with Crippen LogP contribution in [0.3, 0.4) is 0 Å². The van der Waals surface area contributed by atoms with Crippen LogP contribution in [0.15, 0.2) is 12.1 Å². The van der Waals surface area contributed by atoms with Gasteiger partial charge in [-0.25, -0.2) is 0 Å². The van der Waals surface area contributed by atoms with Crippen molar-refractivity contribution < 1.29 is 32.3 Å². The molecule has 6 nitrogen and oxygen atoms in total. The zero-order valence-electron chi connectivity index (χ0n) is 17.9. The van der Waals surface area contributed by atoms with Gasteiger partial charge in [-0.2, -0.15) is 13.2 Å². The fourth-order valence-corrected chi connectivity index (χ4v) is 4.14. The average molecular weight is 426 g/mol. The van der Waals surface area contributed by atoms with E-state index in [1.54, 1.807) is 13.0 Å². The Morgan fingerprint density at radius 1 is 1.13 bits per heavy atom. The first kappa shape index (κ1) is 21.5. The first-order chi connectivity index (χ1) is 13.7. The van der Waals surface area contributed by atoms with Crippen molar-refractivity contribution >= 4 is 23.5 Å².